The minimum atomic E-state index is -0.966. The van der Waals surface area contributed by atoms with Crippen LogP contribution < -0.4 is 11.1 Å². The van der Waals surface area contributed by atoms with E-state index in [0.29, 0.717) is 17.4 Å². The van der Waals surface area contributed by atoms with Crippen LogP contribution in [0.15, 0.2) is 18.2 Å². The van der Waals surface area contributed by atoms with Crippen molar-refractivity contribution in [1.29, 1.82) is 0 Å². The number of rotatable bonds is 6. The first kappa shape index (κ1) is 20.4. The van der Waals surface area contributed by atoms with Gasteiger partial charge in [0.05, 0.1) is 34.1 Å². The molecule has 0 fully saturated rings. The van der Waals surface area contributed by atoms with Crippen molar-refractivity contribution < 1.29 is 29.0 Å². The van der Waals surface area contributed by atoms with Crippen molar-refractivity contribution >= 4 is 45.5 Å². The highest BCUT2D eigenvalue weighted by Crippen LogP contribution is 2.34. The molecule has 0 saturated heterocycles. The van der Waals surface area contributed by atoms with Crippen LogP contribution >= 0.6 is 11.3 Å². The largest absolute Gasteiger partial charge is 0.465 e. The van der Waals surface area contributed by atoms with Crippen molar-refractivity contribution in [3.05, 3.63) is 60.0 Å². The topological polar surface area (TPSA) is 185 Å². The number of ether oxygens (including phenoxy) is 1. The zero-order valence-corrected chi connectivity index (χ0v) is 15.2. The number of methoxy groups -OCH3 is 1. The highest BCUT2D eigenvalue weighted by Gasteiger charge is 2.26. The molecule has 28 heavy (non-hydrogen) atoms. The first-order valence-corrected chi connectivity index (χ1v) is 8.15. The second-order valence-corrected chi connectivity index (χ2v) is 6.34. The Morgan fingerprint density at radius 2 is 1.64 bits per heavy atom. The molecule has 0 aliphatic rings. The highest BCUT2D eigenvalue weighted by atomic mass is 32.1. The maximum absolute atomic E-state index is 12.5. The average Bonchev–Trinajstić information content (AvgIpc) is 2.96. The van der Waals surface area contributed by atoms with Gasteiger partial charge in [-0.2, -0.15) is 0 Å². The molecule has 1 aromatic carbocycles. The number of non-ortho nitro benzene ring substituents is 2. The Labute approximate surface area is 160 Å². The van der Waals surface area contributed by atoms with Gasteiger partial charge in [-0.05, 0) is 12.5 Å². The van der Waals surface area contributed by atoms with Gasteiger partial charge in [-0.3, -0.25) is 29.8 Å². The predicted molar refractivity (Wildman–Crippen MR) is 96.6 cm³/mol. The maximum atomic E-state index is 12.5. The highest BCUT2D eigenvalue weighted by molar-refractivity contribution is 7.18. The lowest BCUT2D eigenvalue weighted by atomic mass is 10.1. The minimum Gasteiger partial charge on any atom is -0.465 e. The number of thiophene rings is 1. The first-order valence-electron chi connectivity index (χ1n) is 7.33. The van der Waals surface area contributed by atoms with E-state index in [1.54, 1.807) is 0 Å². The number of carbonyl (C=O) groups is 3. The van der Waals surface area contributed by atoms with Gasteiger partial charge in [-0.15, -0.1) is 11.3 Å². The van der Waals surface area contributed by atoms with Crippen LogP contribution in [-0.4, -0.2) is 34.7 Å². The van der Waals surface area contributed by atoms with Gasteiger partial charge in [-0.1, -0.05) is 0 Å². The summed E-state index contributed by atoms with van der Waals surface area (Å²) in [5.74, 6) is -2.65. The summed E-state index contributed by atoms with van der Waals surface area (Å²) in [5, 5.41) is 24.1. The smallest absolute Gasteiger partial charge is 0.348 e. The zero-order chi connectivity index (χ0) is 21.2. The lowest BCUT2D eigenvalue weighted by molar-refractivity contribution is -0.394. The number of hydrogen-bond acceptors (Lipinski definition) is 9. The Kier molecular flexibility index (Phi) is 5.69. The monoisotopic (exact) mass is 408 g/mol. The Morgan fingerprint density at radius 1 is 1.11 bits per heavy atom. The predicted octanol–water partition coefficient (Wildman–Crippen LogP) is 2.01. The van der Waals surface area contributed by atoms with Crippen LogP contribution in [-0.2, 0) is 4.74 Å². The zero-order valence-electron chi connectivity index (χ0n) is 14.4. The van der Waals surface area contributed by atoms with E-state index in [9.17, 15) is 34.6 Å². The minimum absolute atomic E-state index is 0.0247. The van der Waals surface area contributed by atoms with Gasteiger partial charge >= 0.3 is 5.97 Å². The lowest BCUT2D eigenvalue weighted by Gasteiger charge is -2.05. The Morgan fingerprint density at radius 3 is 2.07 bits per heavy atom. The molecule has 0 atom stereocenters. The van der Waals surface area contributed by atoms with Crippen molar-refractivity contribution in [3.63, 3.8) is 0 Å². The molecule has 0 aliphatic carbocycles. The van der Waals surface area contributed by atoms with Crippen LogP contribution in [0.3, 0.4) is 0 Å². The number of hydrogen-bond donors (Lipinski definition) is 2. The third-order valence-corrected chi connectivity index (χ3v) is 4.76. The van der Waals surface area contributed by atoms with Gasteiger partial charge in [0.25, 0.3) is 23.2 Å². The average molecular weight is 408 g/mol. The van der Waals surface area contributed by atoms with E-state index < -0.39 is 39.0 Å². The second kappa shape index (κ2) is 7.79. The van der Waals surface area contributed by atoms with Crippen LogP contribution in [0.1, 0.15) is 36.0 Å². The third kappa shape index (κ3) is 3.93. The van der Waals surface area contributed by atoms with Crippen molar-refractivity contribution in [2.75, 3.05) is 12.4 Å². The molecule has 3 N–H and O–H groups in total. The summed E-state index contributed by atoms with van der Waals surface area (Å²) in [6.07, 6.45) is 0. The van der Waals surface area contributed by atoms with E-state index >= 15 is 0 Å². The quantitative estimate of drug-likeness (QED) is 0.413. The Bertz CT molecular complexity index is 997. The number of anilines is 1. The fraction of sp³-hybridized carbons (Fsp3) is 0.133. The normalized spacial score (nSPS) is 10.2. The van der Waals surface area contributed by atoms with Crippen LogP contribution in [0.5, 0.6) is 0 Å². The number of benzene rings is 1. The molecule has 0 unspecified atom stereocenters. The molecule has 0 saturated carbocycles. The summed E-state index contributed by atoms with van der Waals surface area (Å²) in [5.41, 5.74) is 3.64. The van der Waals surface area contributed by atoms with E-state index in [1.807, 2.05) is 0 Å². The number of carbonyl (C=O) groups excluding carboxylic acids is 3. The summed E-state index contributed by atoms with van der Waals surface area (Å²) in [4.78, 5) is 56.1. The SMILES string of the molecule is COC(=O)c1sc(NC(=O)c2cc([N+](=O)[O-])cc([N+](=O)[O-])c2)c(C(N)=O)c1C. The fourth-order valence-corrected chi connectivity index (χ4v) is 3.42. The third-order valence-electron chi connectivity index (χ3n) is 3.58. The number of primary amides is 1. The molecule has 12 nitrogen and oxygen atoms in total. The molecule has 1 heterocycles. The van der Waals surface area contributed by atoms with Crippen molar-refractivity contribution in [2.45, 2.75) is 6.92 Å². The maximum Gasteiger partial charge on any atom is 0.348 e. The van der Waals surface area contributed by atoms with Crippen LogP contribution in [0.4, 0.5) is 16.4 Å². The van der Waals surface area contributed by atoms with Gasteiger partial charge in [0.15, 0.2) is 0 Å². The van der Waals surface area contributed by atoms with Crippen molar-refractivity contribution in [3.8, 4) is 0 Å². The second-order valence-electron chi connectivity index (χ2n) is 5.32. The number of nitrogens with two attached hydrogens (primary N) is 1. The van der Waals surface area contributed by atoms with E-state index in [2.05, 4.69) is 10.1 Å². The molecule has 2 rings (SSSR count). The Balaban J connectivity index is 2.51. The van der Waals surface area contributed by atoms with E-state index in [0.717, 1.165) is 19.2 Å². The number of nitro benzene ring substituents is 2. The molecule has 13 heteroatoms. The molecule has 0 bridgehead atoms. The van der Waals surface area contributed by atoms with Crippen LogP contribution in [0, 0.1) is 27.2 Å². The molecule has 0 spiro atoms. The molecule has 146 valence electrons. The molecule has 0 radical (unpaired) electrons. The lowest BCUT2D eigenvalue weighted by Crippen LogP contribution is -2.17. The summed E-state index contributed by atoms with van der Waals surface area (Å²) in [6, 6.07) is 2.39. The van der Waals surface area contributed by atoms with Gasteiger partial charge in [0.1, 0.15) is 9.88 Å². The molecular formula is C15H12N4O8S. The molecular weight excluding hydrogens is 396 g/mol. The molecule has 0 aliphatic heterocycles. The number of amides is 2. The molecule has 2 aromatic rings. The summed E-state index contributed by atoms with van der Waals surface area (Å²) < 4.78 is 4.60. The number of esters is 1. The summed E-state index contributed by atoms with van der Waals surface area (Å²) in [6.45, 7) is 1.43. The van der Waals surface area contributed by atoms with Gasteiger partial charge < -0.3 is 15.8 Å². The van der Waals surface area contributed by atoms with E-state index in [4.69, 9.17) is 5.73 Å². The van der Waals surface area contributed by atoms with E-state index in [1.165, 1.54) is 6.92 Å². The van der Waals surface area contributed by atoms with Gasteiger partial charge in [0.2, 0.25) is 0 Å². The summed E-state index contributed by atoms with van der Waals surface area (Å²) in [7, 11) is 1.13. The number of nitrogens with zero attached hydrogens (tertiary/aromatic N) is 2. The Hall–Kier alpha value is -3.87. The standard InChI is InChI=1S/C15H12N4O8S/c1-6-10(12(16)20)14(28-11(6)15(22)27-2)17-13(21)7-3-8(18(23)24)5-9(4-7)19(25)26/h3-5H,1-2H3,(H2,16,20)(H,17,21). The van der Waals surface area contributed by atoms with Crippen LogP contribution in [0.25, 0.3) is 0 Å². The molecule has 2 amide bonds. The first-order chi connectivity index (χ1) is 13.1. The van der Waals surface area contributed by atoms with Crippen molar-refractivity contribution in [1.82, 2.24) is 0 Å². The molecule has 1 aromatic heterocycles. The van der Waals surface area contributed by atoms with Gasteiger partial charge in [-0.25, -0.2) is 4.79 Å². The van der Waals surface area contributed by atoms with Crippen LogP contribution in [0.2, 0.25) is 0 Å². The number of nitro groups is 2. The summed E-state index contributed by atoms with van der Waals surface area (Å²) >= 11 is 0.716. The van der Waals surface area contributed by atoms with Crippen molar-refractivity contribution in [2.24, 2.45) is 5.73 Å². The van der Waals surface area contributed by atoms with E-state index in [-0.39, 0.29) is 26.6 Å². The van der Waals surface area contributed by atoms with Gasteiger partial charge in [0, 0.05) is 12.1 Å². The fourth-order valence-electron chi connectivity index (χ4n) is 2.30. The number of nitrogens with one attached hydrogen (secondary N) is 1.